The van der Waals surface area contributed by atoms with Gasteiger partial charge in [0.1, 0.15) is 0 Å². The Morgan fingerprint density at radius 3 is 1.03 bits per heavy atom. The smallest absolute Gasteiger partial charge is 0.336 e. The molecule has 0 bridgehead atoms. The minimum Gasteiger partial charge on any atom is -0.481 e. The van der Waals surface area contributed by atoms with E-state index >= 15 is 0 Å². The van der Waals surface area contributed by atoms with Gasteiger partial charge in [-0.15, -0.1) is 0 Å². The number of benzene rings is 2. The maximum absolute atomic E-state index is 12.5. The van der Waals surface area contributed by atoms with Crippen molar-refractivity contribution in [3.8, 4) is 0 Å². The van der Waals surface area contributed by atoms with Crippen molar-refractivity contribution in [2.45, 2.75) is 11.8 Å². The first-order valence-electron chi connectivity index (χ1n) is 10.1. The van der Waals surface area contributed by atoms with E-state index in [0.29, 0.717) is 36.4 Å². The van der Waals surface area contributed by atoms with Crippen molar-refractivity contribution in [1.82, 2.24) is 0 Å². The highest BCUT2D eigenvalue weighted by Crippen LogP contribution is 2.52. The fourth-order valence-corrected chi connectivity index (χ4v) is 4.33. The summed E-state index contributed by atoms with van der Waals surface area (Å²) in [6.07, 6.45) is -1.76. The quantitative estimate of drug-likeness (QED) is 0.167. The summed E-state index contributed by atoms with van der Waals surface area (Å²) in [5.41, 5.74) is -13.7. The van der Waals surface area contributed by atoms with Crippen LogP contribution in [-0.4, -0.2) is 88.6 Å². The topological polar surface area (TPSA) is 298 Å². The normalized spacial score (nSPS) is 11.3. The number of carboxylic acids is 8. The number of aromatic carboxylic acids is 4. The Labute approximate surface area is 214 Å². The first kappa shape index (κ1) is 29.4. The van der Waals surface area contributed by atoms with Crippen molar-refractivity contribution in [2.24, 2.45) is 5.41 Å². The number of aliphatic carboxylic acids is 4. The van der Waals surface area contributed by atoms with E-state index in [-0.39, 0.29) is 0 Å². The van der Waals surface area contributed by atoms with Gasteiger partial charge in [0, 0.05) is 0 Å². The lowest BCUT2D eigenvalue weighted by atomic mass is 9.54. The van der Waals surface area contributed by atoms with E-state index in [1.807, 2.05) is 0 Å². The lowest BCUT2D eigenvalue weighted by Crippen LogP contribution is -2.62. The Hall–Kier alpha value is -5.80. The van der Waals surface area contributed by atoms with E-state index < -0.39 is 98.4 Å². The monoisotopic (exact) mass is 548 g/mol. The van der Waals surface area contributed by atoms with Gasteiger partial charge in [-0.25, -0.2) is 19.2 Å². The van der Waals surface area contributed by atoms with Gasteiger partial charge >= 0.3 is 47.8 Å². The molecule has 2 aromatic rings. The van der Waals surface area contributed by atoms with Gasteiger partial charge in [-0.1, -0.05) is 12.1 Å². The highest BCUT2D eigenvalue weighted by atomic mass is 16.4. The fourth-order valence-electron chi connectivity index (χ4n) is 4.33. The average molecular weight is 548 g/mol. The highest BCUT2D eigenvalue weighted by Gasteiger charge is 2.70. The molecule has 2 rings (SSSR count). The number of carbonyl (C=O) groups is 8. The van der Waals surface area contributed by atoms with Crippen LogP contribution in [0.3, 0.4) is 0 Å². The predicted octanol–water partition coefficient (Wildman–Crippen LogP) is 0.480. The molecule has 0 heterocycles. The molecule has 0 radical (unpaired) electrons. The minimum absolute atomic E-state index is 0.351. The van der Waals surface area contributed by atoms with Crippen molar-refractivity contribution in [2.75, 3.05) is 0 Å². The van der Waals surface area contributed by atoms with E-state index in [0.717, 1.165) is 0 Å². The molecule has 0 aliphatic heterocycles. The standard InChI is InChI=1S/C23H16O16/c24-14(25)7-22(23(19(34)35,20(36)37)21(38)39,8-1-3-10(15(26)27)12(5-8)17(30)31)9-2-4-11(16(28)29)13(6-9)18(32)33/h1-6H,7H2,(H,24,25)(H,26,27)(H,28,29)(H,30,31)(H,32,33)(H,34,35)(H,36,37)(H,38,39). The molecule has 0 unspecified atom stereocenters. The Bertz CT molecular complexity index is 1350. The Morgan fingerprint density at radius 1 is 0.487 bits per heavy atom. The molecule has 204 valence electrons. The van der Waals surface area contributed by atoms with Crippen LogP contribution in [0.15, 0.2) is 36.4 Å². The van der Waals surface area contributed by atoms with Gasteiger partial charge < -0.3 is 40.9 Å². The zero-order valence-electron chi connectivity index (χ0n) is 19.0. The van der Waals surface area contributed by atoms with E-state index in [1.54, 1.807) is 0 Å². The van der Waals surface area contributed by atoms with Crippen LogP contribution in [0.2, 0.25) is 0 Å². The highest BCUT2D eigenvalue weighted by molar-refractivity contribution is 6.19. The van der Waals surface area contributed by atoms with Gasteiger partial charge in [-0.05, 0) is 35.4 Å². The Kier molecular flexibility index (Phi) is 7.76. The first-order chi connectivity index (χ1) is 18.0. The van der Waals surface area contributed by atoms with Crippen LogP contribution in [0, 0.1) is 5.41 Å². The van der Waals surface area contributed by atoms with Crippen LogP contribution in [-0.2, 0) is 24.6 Å². The molecule has 39 heavy (non-hydrogen) atoms. The van der Waals surface area contributed by atoms with Crippen LogP contribution in [0.1, 0.15) is 59.0 Å². The van der Waals surface area contributed by atoms with Crippen LogP contribution >= 0.6 is 0 Å². The van der Waals surface area contributed by atoms with Gasteiger partial charge in [0.2, 0.25) is 0 Å². The molecule has 8 N–H and O–H groups in total. The van der Waals surface area contributed by atoms with Gasteiger partial charge in [0.25, 0.3) is 5.41 Å². The zero-order valence-corrected chi connectivity index (χ0v) is 19.0. The molecule has 0 aromatic heterocycles. The van der Waals surface area contributed by atoms with Crippen LogP contribution in [0.25, 0.3) is 0 Å². The Morgan fingerprint density at radius 2 is 0.795 bits per heavy atom. The molecule has 0 spiro atoms. The molecule has 0 saturated heterocycles. The number of carboxylic acid groups (broad SMARTS) is 8. The number of hydrogen-bond donors (Lipinski definition) is 8. The second-order valence-electron chi connectivity index (χ2n) is 7.88. The summed E-state index contributed by atoms with van der Waals surface area (Å²) in [6.45, 7) is 0. The summed E-state index contributed by atoms with van der Waals surface area (Å²) in [6, 6.07) is 2.91. The molecule has 0 amide bonds. The zero-order chi connectivity index (χ0) is 30.0. The van der Waals surface area contributed by atoms with Crippen molar-refractivity contribution in [3.63, 3.8) is 0 Å². The third kappa shape index (κ3) is 4.57. The molecule has 0 atom stereocenters. The molecule has 2 aromatic carbocycles. The maximum Gasteiger partial charge on any atom is 0.336 e. The summed E-state index contributed by atoms with van der Waals surface area (Å²) in [5.74, 6) is -17.7. The fraction of sp³-hybridized carbons (Fsp3) is 0.130. The van der Waals surface area contributed by atoms with Crippen LogP contribution < -0.4 is 0 Å². The first-order valence-corrected chi connectivity index (χ1v) is 10.1. The van der Waals surface area contributed by atoms with Gasteiger partial charge in [0.15, 0.2) is 0 Å². The molecular weight excluding hydrogens is 532 g/mol. The van der Waals surface area contributed by atoms with E-state index in [9.17, 15) is 79.2 Å². The molecule has 16 nitrogen and oxygen atoms in total. The maximum atomic E-state index is 12.5. The van der Waals surface area contributed by atoms with Crippen molar-refractivity contribution in [3.05, 3.63) is 69.8 Å². The average Bonchev–Trinajstić information content (AvgIpc) is 2.81. The lowest BCUT2D eigenvalue weighted by molar-refractivity contribution is -0.181. The predicted molar refractivity (Wildman–Crippen MR) is 119 cm³/mol. The summed E-state index contributed by atoms with van der Waals surface area (Å²) >= 11 is 0. The number of hydrogen-bond acceptors (Lipinski definition) is 8. The summed E-state index contributed by atoms with van der Waals surface area (Å²) in [4.78, 5) is 96.2. The van der Waals surface area contributed by atoms with Gasteiger partial charge in [0.05, 0.1) is 34.1 Å². The molecule has 0 aliphatic rings. The van der Waals surface area contributed by atoms with Crippen LogP contribution in [0.5, 0.6) is 0 Å². The largest absolute Gasteiger partial charge is 0.481 e. The molecule has 0 saturated carbocycles. The Balaban J connectivity index is 3.40. The van der Waals surface area contributed by atoms with Crippen LogP contribution in [0.4, 0.5) is 0 Å². The van der Waals surface area contributed by atoms with E-state index in [2.05, 4.69) is 0 Å². The molecule has 0 aliphatic carbocycles. The van der Waals surface area contributed by atoms with Gasteiger partial charge in [-0.2, -0.15) is 0 Å². The SMILES string of the molecule is O=C(O)CC(c1ccc(C(=O)O)c(C(=O)O)c1)(c1ccc(C(=O)O)c(C(=O)O)c1)C(C(=O)O)(C(=O)O)C(=O)O. The summed E-state index contributed by atoms with van der Waals surface area (Å²) < 4.78 is 0. The number of rotatable bonds is 12. The molecular formula is C23H16O16. The molecule has 16 heteroatoms. The van der Waals surface area contributed by atoms with E-state index in [4.69, 9.17) is 0 Å². The second-order valence-corrected chi connectivity index (χ2v) is 7.88. The third-order valence-corrected chi connectivity index (χ3v) is 5.97. The second kappa shape index (κ2) is 10.3. The van der Waals surface area contributed by atoms with Crippen molar-refractivity contribution in [1.29, 1.82) is 0 Å². The van der Waals surface area contributed by atoms with Crippen molar-refractivity contribution < 1.29 is 79.2 Å². The van der Waals surface area contributed by atoms with E-state index in [1.165, 1.54) is 0 Å². The summed E-state index contributed by atoms with van der Waals surface area (Å²) in [7, 11) is 0. The lowest BCUT2D eigenvalue weighted by Gasteiger charge is -2.43. The molecule has 0 fully saturated rings. The minimum atomic E-state index is -4.23. The van der Waals surface area contributed by atoms with Crippen molar-refractivity contribution >= 4 is 47.8 Å². The third-order valence-electron chi connectivity index (χ3n) is 5.97. The summed E-state index contributed by atoms with van der Waals surface area (Å²) in [5, 5.41) is 77.4. The van der Waals surface area contributed by atoms with Gasteiger partial charge in [-0.3, -0.25) is 19.2 Å².